The second-order valence-corrected chi connectivity index (χ2v) is 5.24. The van der Waals surface area contributed by atoms with Crippen LogP contribution in [0.4, 0.5) is 5.95 Å². The van der Waals surface area contributed by atoms with Crippen molar-refractivity contribution in [2.75, 3.05) is 19.0 Å². The molecule has 0 aliphatic heterocycles. The third-order valence-electron chi connectivity index (χ3n) is 3.72. The molecule has 2 N–H and O–H groups in total. The van der Waals surface area contributed by atoms with Gasteiger partial charge in [-0.2, -0.15) is 0 Å². The number of fused-ring (bicyclic) bond motifs is 3. The molecule has 0 bridgehead atoms. The molecular formula is C15H18N4O2. The average Bonchev–Trinajstić information content (AvgIpc) is 2.84. The first kappa shape index (κ1) is 13.6. The van der Waals surface area contributed by atoms with Crippen LogP contribution in [0.1, 0.15) is 12.5 Å². The second kappa shape index (κ2) is 4.89. The number of aryl methyl sites for hydroxylation is 1. The Kier molecular flexibility index (Phi) is 3.17. The van der Waals surface area contributed by atoms with Crippen LogP contribution in [0.15, 0.2) is 23.1 Å². The molecule has 2 aromatic heterocycles. The summed E-state index contributed by atoms with van der Waals surface area (Å²) in [5.74, 6) is 0.521. The van der Waals surface area contributed by atoms with Crippen LogP contribution in [-0.4, -0.2) is 33.7 Å². The van der Waals surface area contributed by atoms with Crippen LogP contribution >= 0.6 is 0 Å². The van der Waals surface area contributed by atoms with Crippen molar-refractivity contribution in [2.24, 2.45) is 0 Å². The van der Waals surface area contributed by atoms with Crippen LogP contribution < -0.4 is 10.5 Å². The van der Waals surface area contributed by atoms with Gasteiger partial charge in [-0.05, 0) is 19.1 Å². The van der Waals surface area contributed by atoms with Crippen molar-refractivity contribution in [1.29, 1.82) is 0 Å². The zero-order chi connectivity index (χ0) is 15.1. The van der Waals surface area contributed by atoms with E-state index in [0.29, 0.717) is 16.9 Å². The van der Waals surface area contributed by atoms with Crippen LogP contribution in [0.2, 0.25) is 0 Å². The summed E-state index contributed by atoms with van der Waals surface area (Å²) in [5, 5.41) is 10.9. The molecule has 6 heteroatoms. The summed E-state index contributed by atoms with van der Waals surface area (Å²) in [5.41, 5.74) is 2.15. The maximum absolute atomic E-state index is 12.5. The molecule has 0 saturated heterocycles. The van der Waals surface area contributed by atoms with Gasteiger partial charge < -0.3 is 14.6 Å². The van der Waals surface area contributed by atoms with E-state index in [1.165, 1.54) is 0 Å². The minimum Gasteiger partial charge on any atom is -0.392 e. The summed E-state index contributed by atoms with van der Waals surface area (Å²) in [7, 11) is 3.66. The molecule has 0 atom stereocenters. The van der Waals surface area contributed by atoms with Crippen LogP contribution in [0.5, 0.6) is 0 Å². The highest BCUT2D eigenvalue weighted by Gasteiger charge is 2.15. The van der Waals surface area contributed by atoms with E-state index in [4.69, 9.17) is 0 Å². The van der Waals surface area contributed by atoms with E-state index in [0.717, 1.165) is 23.0 Å². The minimum absolute atomic E-state index is 0.0997. The maximum atomic E-state index is 12.5. The molecule has 6 nitrogen and oxygen atoms in total. The Morgan fingerprint density at radius 3 is 2.71 bits per heavy atom. The molecule has 1 aromatic carbocycles. The Morgan fingerprint density at radius 1 is 1.33 bits per heavy atom. The van der Waals surface area contributed by atoms with E-state index in [2.05, 4.69) is 9.97 Å². The number of aliphatic hydroxyl groups is 1. The van der Waals surface area contributed by atoms with Crippen molar-refractivity contribution in [1.82, 2.24) is 14.5 Å². The van der Waals surface area contributed by atoms with Gasteiger partial charge in [0, 0.05) is 43.3 Å². The predicted octanol–water partition coefficient (Wildman–Crippen LogP) is 1.46. The van der Waals surface area contributed by atoms with E-state index in [1.54, 1.807) is 4.90 Å². The van der Waals surface area contributed by atoms with Gasteiger partial charge in [0.25, 0.3) is 5.56 Å². The molecule has 0 fully saturated rings. The van der Waals surface area contributed by atoms with Crippen LogP contribution in [0, 0.1) is 0 Å². The van der Waals surface area contributed by atoms with Crippen LogP contribution in [-0.2, 0) is 13.2 Å². The first-order valence-electron chi connectivity index (χ1n) is 6.89. The third kappa shape index (κ3) is 1.99. The first-order valence-corrected chi connectivity index (χ1v) is 6.89. The summed E-state index contributed by atoms with van der Waals surface area (Å²) in [4.78, 5) is 21.5. The normalized spacial score (nSPS) is 11.4. The van der Waals surface area contributed by atoms with Crippen molar-refractivity contribution in [3.63, 3.8) is 0 Å². The molecule has 0 saturated carbocycles. The van der Waals surface area contributed by atoms with Crippen molar-refractivity contribution >= 4 is 27.8 Å². The zero-order valence-corrected chi connectivity index (χ0v) is 12.3. The largest absolute Gasteiger partial charge is 0.392 e. The number of hydrogen-bond donors (Lipinski definition) is 2. The molecule has 0 amide bonds. The Hall–Kier alpha value is -2.34. The van der Waals surface area contributed by atoms with E-state index in [-0.39, 0.29) is 12.2 Å². The SMILES string of the molecule is CCn1cc(CO)c2c3c(=O)[nH]c(N(C)C)nc3ccc21. The fraction of sp³-hybridized carbons (Fsp3) is 0.333. The van der Waals surface area contributed by atoms with Gasteiger partial charge in [-0.3, -0.25) is 9.78 Å². The van der Waals surface area contributed by atoms with Crippen molar-refractivity contribution < 1.29 is 5.11 Å². The standard InChI is InChI=1S/C15H18N4O2/c1-4-19-7-9(8-20)12-11(19)6-5-10-13(12)14(21)17-15(16-10)18(2)3/h5-7,20H,4,8H2,1-3H3,(H,16,17,21). The fourth-order valence-electron chi connectivity index (χ4n) is 2.69. The van der Waals surface area contributed by atoms with Crippen molar-refractivity contribution in [3.05, 3.63) is 34.2 Å². The number of aromatic amines is 1. The molecule has 2 heterocycles. The minimum atomic E-state index is -0.183. The molecular weight excluding hydrogens is 268 g/mol. The van der Waals surface area contributed by atoms with Crippen LogP contribution in [0.3, 0.4) is 0 Å². The highest BCUT2D eigenvalue weighted by molar-refractivity contribution is 6.07. The van der Waals surface area contributed by atoms with Gasteiger partial charge in [0.1, 0.15) is 0 Å². The number of nitrogens with one attached hydrogen (secondary N) is 1. The Morgan fingerprint density at radius 2 is 2.10 bits per heavy atom. The Bertz CT molecular complexity index is 877. The fourth-order valence-corrected chi connectivity index (χ4v) is 2.69. The summed E-state index contributed by atoms with van der Waals surface area (Å²) in [6, 6.07) is 3.80. The van der Waals surface area contributed by atoms with Crippen molar-refractivity contribution in [3.8, 4) is 0 Å². The predicted molar refractivity (Wildman–Crippen MR) is 83.8 cm³/mol. The monoisotopic (exact) mass is 286 g/mol. The third-order valence-corrected chi connectivity index (χ3v) is 3.72. The highest BCUT2D eigenvalue weighted by atomic mass is 16.3. The number of nitrogens with zero attached hydrogens (tertiary/aromatic N) is 3. The first-order chi connectivity index (χ1) is 10.1. The van der Waals surface area contributed by atoms with Gasteiger partial charge in [0.05, 0.1) is 17.5 Å². The molecule has 0 radical (unpaired) electrons. The van der Waals surface area contributed by atoms with E-state index in [9.17, 15) is 9.90 Å². The molecule has 0 aliphatic carbocycles. The lowest BCUT2D eigenvalue weighted by Gasteiger charge is -2.11. The Balaban J connectivity index is 2.48. The van der Waals surface area contributed by atoms with E-state index >= 15 is 0 Å². The smallest absolute Gasteiger partial charge is 0.260 e. The summed E-state index contributed by atoms with van der Waals surface area (Å²) < 4.78 is 2.03. The number of anilines is 1. The lowest BCUT2D eigenvalue weighted by atomic mass is 10.1. The van der Waals surface area contributed by atoms with Gasteiger partial charge in [0.2, 0.25) is 5.95 Å². The number of H-pyrrole nitrogens is 1. The summed E-state index contributed by atoms with van der Waals surface area (Å²) >= 11 is 0. The van der Waals surface area contributed by atoms with E-state index < -0.39 is 0 Å². The highest BCUT2D eigenvalue weighted by Crippen LogP contribution is 2.27. The number of aliphatic hydroxyl groups excluding tert-OH is 1. The van der Waals surface area contributed by atoms with Gasteiger partial charge >= 0.3 is 0 Å². The van der Waals surface area contributed by atoms with Crippen LogP contribution in [0.25, 0.3) is 21.8 Å². The topological polar surface area (TPSA) is 74.2 Å². The average molecular weight is 286 g/mol. The molecule has 0 spiro atoms. The van der Waals surface area contributed by atoms with Gasteiger partial charge in [0.15, 0.2) is 0 Å². The van der Waals surface area contributed by atoms with Gasteiger partial charge in [-0.1, -0.05) is 0 Å². The van der Waals surface area contributed by atoms with Gasteiger partial charge in [-0.15, -0.1) is 0 Å². The molecule has 21 heavy (non-hydrogen) atoms. The molecule has 110 valence electrons. The number of benzene rings is 1. The second-order valence-electron chi connectivity index (χ2n) is 5.24. The summed E-state index contributed by atoms with van der Waals surface area (Å²) in [6.07, 6.45) is 1.89. The lowest BCUT2D eigenvalue weighted by molar-refractivity contribution is 0.283. The maximum Gasteiger partial charge on any atom is 0.260 e. The number of aromatic nitrogens is 3. The zero-order valence-electron chi connectivity index (χ0n) is 12.3. The molecule has 3 rings (SSSR count). The van der Waals surface area contributed by atoms with E-state index in [1.807, 2.05) is 43.9 Å². The summed E-state index contributed by atoms with van der Waals surface area (Å²) in [6.45, 7) is 2.71. The number of hydrogen-bond acceptors (Lipinski definition) is 4. The molecule has 3 aromatic rings. The molecule has 0 unspecified atom stereocenters. The molecule has 0 aliphatic rings. The van der Waals surface area contributed by atoms with Crippen molar-refractivity contribution in [2.45, 2.75) is 20.1 Å². The number of rotatable bonds is 3. The van der Waals surface area contributed by atoms with Gasteiger partial charge in [-0.25, -0.2) is 4.98 Å². The Labute approximate surface area is 121 Å². The quantitative estimate of drug-likeness (QED) is 0.764. The lowest BCUT2D eigenvalue weighted by Crippen LogP contribution is -2.19.